The van der Waals surface area contributed by atoms with Crippen LogP contribution in [0, 0.1) is 0 Å². The first-order valence-electron chi connectivity index (χ1n) is 5.04. The molecule has 0 aliphatic rings. The fraction of sp³-hybridized carbons (Fsp3) is 0.636. The monoisotopic (exact) mass is 214 g/mol. The van der Waals surface area contributed by atoms with Crippen LogP contribution < -0.4 is 0 Å². The smallest absolute Gasteiger partial charge is 0.302 e. The van der Waals surface area contributed by atoms with Crippen LogP contribution in [-0.2, 0) is 19.1 Å². The summed E-state index contributed by atoms with van der Waals surface area (Å²) in [7, 11) is 0. The lowest BCUT2D eigenvalue weighted by Gasteiger charge is -1.98. The third-order valence-electron chi connectivity index (χ3n) is 1.58. The first-order chi connectivity index (χ1) is 7.13. The number of hydrogen-bond donors (Lipinski definition) is 0. The summed E-state index contributed by atoms with van der Waals surface area (Å²) in [6.07, 6.45) is 6.37. The number of carbonyl (C=O) groups excluding carboxylic acids is 2. The number of allylic oxidation sites excluding steroid dienone is 1. The van der Waals surface area contributed by atoms with Gasteiger partial charge in [-0.15, -0.1) is 0 Å². The zero-order valence-corrected chi connectivity index (χ0v) is 9.32. The molecule has 15 heavy (non-hydrogen) atoms. The number of unbranched alkanes of at least 4 members (excludes halogenated alkanes) is 1. The average molecular weight is 214 g/mol. The van der Waals surface area contributed by atoms with Crippen LogP contribution >= 0.6 is 0 Å². The fourth-order valence-corrected chi connectivity index (χ4v) is 0.923. The van der Waals surface area contributed by atoms with Crippen LogP contribution in [0.4, 0.5) is 0 Å². The molecule has 0 radical (unpaired) electrons. The minimum Gasteiger partial charge on any atom is -0.466 e. The Balaban J connectivity index is 3.17. The Hall–Kier alpha value is -1.32. The Morgan fingerprint density at radius 1 is 0.933 bits per heavy atom. The topological polar surface area (TPSA) is 52.6 Å². The van der Waals surface area contributed by atoms with Crippen molar-refractivity contribution in [3.05, 3.63) is 12.2 Å². The summed E-state index contributed by atoms with van der Waals surface area (Å²) in [5, 5.41) is 0. The molecule has 0 heterocycles. The number of ether oxygens (including phenoxy) is 2. The maximum atomic E-state index is 10.4. The molecule has 0 aliphatic heterocycles. The van der Waals surface area contributed by atoms with E-state index in [0.717, 1.165) is 19.3 Å². The van der Waals surface area contributed by atoms with Gasteiger partial charge in [-0.3, -0.25) is 9.59 Å². The summed E-state index contributed by atoms with van der Waals surface area (Å²) in [5.74, 6) is -0.493. The van der Waals surface area contributed by atoms with Gasteiger partial charge in [-0.25, -0.2) is 0 Å². The second kappa shape index (κ2) is 9.24. The summed E-state index contributed by atoms with van der Waals surface area (Å²) in [6.45, 7) is 3.68. The maximum absolute atomic E-state index is 10.4. The quantitative estimate of drug-likeness (QED) is 0.368. The number of esters is 2. The van der Waals surface area contributed by atoms with E-state index in [2.05, 4.69) is 0 Å². The highest BCUT2D eigenvalue weighted by Crippen LogP contribution is 1.94. The number of hydrogen-bond acceptors (Lipinski definition) is 4. The van der Waals surface area contributed by atoms with Gasteiger partial charge >= 0.3 is 11.9 Å². The zero-order valence-electron chi connectivity index (χ0n) is 9.32. The van der Waals surface area contributed by atoms with Crippen molar-refractivity contribution in [3.63, 3.8) is 0 Å². The molecule has 0 saturated carbocycles. The van der Waals surface area contributed by atoms with Crippen LogP contribution in [0.5, 0.6) is 0 Å². The van der Waals surface area contributed by atoms with Crippen LogP contribution in [-0.4, -0.2) is 25.2 Å². The Kier molecular flexibility index (Phi) is 8.43. The SMILES string of the molecule is CC(=O)OCC/C=C/CCCOC(C)=O. The standard InChI is InChI=1S/C11H18O4/c1-10(12)14-8-6-4-3-5-7-9-15-11(2)13/h3-4H,5-9H2,1-2H3/b4-3+. The van der Waals surface area contributed by atoms with Gasteiger partial charge in [0.05, 0.1) is 13.2 Å². The predicted octanol–water partition coefficient (Wildman–Crippen LogP) is 1.84. The predicted molar refractivity (Wildman–Crippen MR) is 56.3 cm³/mol. The molecule has 0 amide bonds. The summed E-state index contributed by atoms with van der Waals surface area (Å²) >= 11 is 0. The normalized spacial score (nSPS) is 10.3. The van der Waals surface area contributed by atoms with Crippen LogP contribution in [0.3, 0.4) is 0 Å². The highest BCUT2D eigenvalue weighted by molar-refractivity contribution is 5.66. The molecule has 0 rings (SSSR count). The Labute approximate surface area is 90.2 Å². The summed E-state index contributed by atoms with van der Waals surface area (Å²) in [5.41, 5.74) is 0. The van der Waals surface area contributed by atoms with Gasteiger partial charge < -0.3 is 9.47 Å². The Morgan fingerprint density at radius 2 is 1.47 bits per heavy atom. The lowest BCUT2D eigenvalue weighted by atomic mass is 10.3. The molecular formula is C11H18O4. The average Bonchev–Trinajstić information content (AvgIpc) is 2.14. The van der Waals surface area contributed by atoms with Crippen LogP contribution in [0.2, 0.25) is 0 Å². The fourth-order valence-electron chi connectivity index (χ4n) is 0.923. The van der Waals surface area contributed by atoms with E-state index in [4.69, 9.17) is 9.47 Å². The second-order valence-electron chi connectivity index (χ2n) is 3.08. The molecule has 0 aromatic rings. The van der Waals surface area contributed by atoms with Crippen molar-refractivity contribution in [2.75, 3.05) is 13.2 Å². The second-order valence-corrected chi connectivity index (χ2v) is 3.08. The molecule has 0 aromatic carbocycles. The van der Waals surface area contributed by atoms with Gasteiger partial charge in [0.25, 0.3) is 0 Å². The largest absolute Gasteiger partial charge is 0.466 e. The van der Waals surface area contributed by atoms with E-state index in [0.29, 0.717) is 13.2 Å². The third-order valence-corrected chi connectivity index (χ3v) is 1.58. The molecule has 4 nitrogen and oxygen atoms in total. The Bertz CT molecular complexity index is 221. The van der Waals surface area contributed by atoms with Gasteiger partial charge in [0.1, 0.15) is 0 Å². The van der Waals surface area contributed by atoms with Gasteiger partial charge in [-0.2, -0.15) is 0 Å². The molecule has 0 aromatic heterocycles. The van der Waals surface area contributed by atoms with Gasteiger partial charge in [0.2, 0.25) is 0 Å². The molecule has 0 N–H and O–H groups in total. The number of rotatable bonds is 7. The van der Waals surface area contributed by atoms with E-state index < -0.39 is 0 Å². The molecule has 0 aliphatic carbocycles. The lowest BCUT2D eigenvalue weighted by Crippen LogP contribution is -2.00. The first kappa shape index (κ1) is 13.7. The van der Waals surface area contributed by atoms with E-state index in [9.17, 15) is 9.59 Å². The van der Waals surface area contributed by atoms with Crippen molar-refractivity contribution in [1.29, 1.82) is 0 Å². The van der Waals surface area contributed by atoms with E-state index >= 15 is 0 Å². The van der Waals surface area contributed by atoms with E-state index in [1.165, 1.54) is 13.8 Å². The lowest BCUT2D eigenvalue weighted by molar-refractivity contribution is -0.141. The highest BCUT2D eigenvalue weighted by Gasteiger charge is 1.91. The van der Waals surface area contributed by atoms with Crippen molar-refractivity contribution in [1.82, 2.24) is 0 Å². The maximum Gasteiger partial charge on any atom is 0.302 e. The number of carbonyl (C=O) groups is 2. The van der Waals surface area contributed by atoms with Crippen LogP contribution in [0.25, 0.3) is 0 Å². The van der Waals surface area contributed by atoms with Crippen LogP contribution in [0.15, 0.2) is 12.2 Å². The molecule has 0 atom stereocenters. The molecule has 0 bridgehead atoms. The van der Waals surface area contributed by atoms with E-state index in [1.54, 1.807) is 0 Å². The molecule has 0 unspecified atom stereocenters. The Morgan fingerprint density at radius 3 is 2.07 bits per heavy atom. The van der Waals surface area contributed by atoms with Crippen molar-refractivity contribution in [3.8, 4) is 0 Å². The zero-order chi connectivity index (χ0) is 11.5. The highest BCUT2D eigenvalue weighted by atomic mass is 16.5. The van der Waals surface area contributed by atoms with Gasteiger partial charge in [-0.1, -0.05) is 12.2 Å². The van der Waals surface area contributed by atoms with Crippen molar-refractivity contribution in [2.24, 2.45) is 0 Å². The van der Waals surface area contributed by atoms with Gasteiger partial charge in [0.15, 0.2) is 0 Å². The minimum absolute atomic E-state index is 0.242. The van der Waals surface area contributed by atoms with E-state index in [1.807, 2.05) is 12.2 Å². The molecule has 0 spiro atoms. The molecule has 4 heteroatoms. The van der Waals surface area contributed by atoms with Gasteiger partial charge in [-0.05, 0) is 19.3 Å². The van der Waals surface area contributed by atoms with Gasteiger partial charge in [0, 0.05) is 13.8 Å². The molecule has 0 fully saturated rings. The third kappa shape index (κ3) is 12.7. The first-order valence-corrected chi connectivity index (χ1v) is 5.04. The van der Waals surface area contributed by atoms with E-state index in [-0.39, 0.29) is 11.9 Å². The molecular weight excluding hydrogens is 196 g/mol. The molecule has 0 saturated heterocycles. The summed E-state index contributed by atoms with van der Waals surface area (Å²) in [6, 6.07) is 0. The van der Waals surface area contributed by atoms with Crippen molar-refractivity contribution >= 4 is 11.9 Å². The molecule has 86 valence electrons. The van der Waals surface area contributed by atoms with Crippen LogP contribution in [0.1, 0.15) is 33.1 Å². The summed E-state index contributed by atoms with van der Waals surface area (Å²) < 4.78 is 9.50. The van der Waals surface area contributed by atoms with Crippen molar-refractivity contribution in [2.45, 2.75) is 33.1 Å². The minimum atomic E-state index is -0.252. The summed E-state index contributed by atoms with van der Waals surface area (Å²) in [4.78, 5) is 20.8. The van der Waals surface area contributed by atoms with Crippen molar-refractivity contribution < 1.29 is 19.1 Å².